The summed E-state index contributed by atoms with van der Waals surface area (Å²) in [6.45, 7) is 4.03. The van der Waals surface area contributed by atoms with E-state index in [2.05, 4.69) is 17.1 Å². The summed E-state index contributed by atoms with van der Waals surface area (Å²) in [5.74, 6) is 0.344. The number of ether oxygens (including phenoxy) is 1. The van der Waals surface area contributed by atoms with E-state index in [0.29, 0.717) is 5.56 Å². The van der Waals surface area contributed by atoms with Gasteiger partial charge in [0.1, 0.15) is 5.75 Å². The van der Waals surface area contributed by atoms with Crippen molar-refractivity contribution in [3.05, 3.63) is 71.0 Å². The lowest BCUT2D eigenvalue weighted by Gasteiger charge is -2.18. The highest BCUT2D eigenvalue weighted by Crippen LogP contribution is 2.33. The summed E-state index contributed by atoms with van der Waals surface area (Å²) in [6, 6.07) is 13.5. The van der Waals surface area contributed by atoms with Crippen molar-refractivity contribution in [3.8, 4) is 16.9 Å². The molecule has 3 N–H and O–H groups in total. The van der Waals surface area contributed by atoms with Crippen LogP contribution in [-0.4, -0.2) is 23.2 Å². The van der Waals surface area contributed by atoms with E-state index in [4.69, 9.17) is 10.5 Å². The number of H-pyrrole nitrogens is 1. The molecule has 0 saturated heterocycles. The molecule has 1 aromatic heterocycles. The third-order valence-electron chi connectivity index (χ3n) is 4.52. The molecule has 1 atom stereocenters. The second kappa shape index (κ2) is 6.81. The summed E-state index contributed by atoms with van der Waals surface area (Å²) in [5.41, 5.74) is 11.1. The first kappa shape index (κ1) is 16.8. The molecule has 128 valence electrons. The summed E-state index contributed by atoms with van der Waals surface area (Å²) >= 11 is 0. The highest BCUT2D eigenvalue weighted by atomic mass is 16.5. The highest BCUT2D eigenvalue weighted by Gasteiger charge is 2.18. The van der Waals surface area contributed by atoms with Gasteiger partial charge in [-0.05, 0) is 47.9 Å². The maximum Gasteiger partial charge on any atom is 0.248 e. The van der Waals surface area contributed by atoms with Crippen molar-refractivity contribution in [1.82, 2.24) is 10.2 Å². The van der Waals surface area contributed by atoms with Gasteiger partial charge in [-0.3, -0.25) is 9.89 Å². The Morgan fingerprint density at radius 1 is 1.24 bits per heavy atom. The average Bonchev–Trinajstić information content (AvgIpc) is 3.06. The fourth-order valence-corrected chi connectivity index (χ4v) is 3.05. The van der Waals surface area contributed by atoms with Gasteiger partial charge in [0, 0.05) is 22.7 Å². The summed E-state index contributed by atoms with van der Waals surface area (Å²) in [5, 5.41) is 7.02. The highest BCUT2D eigenvalue weighted by molar-refractivity contribution is 5.95. The Labute approximate surface area is 146 Å². The molecule has 2 aromatic carbocycles. The van der Waals surface area contributed by atoms with Gasteiger partial charge in [0.25, 0.3) is 0 Å². The van der Waals surface area contributed by atoms with Gasteiger partial charge in [0.2, 0.25) is 5.91 Å². The van der Waals surface area contributed by atoms with Crippen molar-refractivity contribution in [1.29, 1.82) is 0 Å². The van der Waals surface area contributed by atoms with Gasteiger partial charge in [-0.2, -0.15) is 5.10 Å². The molecule has 0 aliphatic carbocycles. The Balaban J connectivity index is 2.11. The Morgan fingerprint density at radius 3 is 2.68 bits per heavy atom. The van der Waals surface area contributed by atoms with Crippen molar-refractivity contribution in [3.63, 3.8) is 0 Å². The molecule has 3 rings (SSSR count). The Bertz CT molecular complexity index is 915. The van der Waals surface area contributed by atoms with Crippen LogP contribution in [0.1, 0.15) is 40.0 Å². The summed E-state index contributed by atoms with van der Waals surface area (Å²) in [6.07, 6.45) is 1.79. The molecule has 0 unspecified atom stereocenters. The zero-order valence-corrected chi connectivity index (χ0v) is 14.5. The summed E-state index contributed by atoms with van der Waals surface area (Å²) < 4.78 is 5.31. The van der Waals surface area contributed by atoms with Crippen molar-refractivity contribution in [2.24, 2.45) is 5.73 Å². The van der Waals surface area contributed by atoms with Crippen molar-refractivity contribution in [2.45, 2.75) is 19.8 Å². The Morgan fingerprint density at radius 2 is 2.04 bits per heavy atom. The molecular formula is C20H21N3O2. The molecule has 0 aliphatic heterocycles. The molecule has 0 bridgehead atoms. The topological polar surface area (TPSA) is 81.0 Å². The van der Waals surface area contributed by atoms with Crippen LogP contribution in [0, 0.1) is 6.92 Å². The molecule has 0 radical (unpaired) electrons. The molecule has 0 aliphatic rings. The first-order valence-electron chi connectivity index (χ1n) is 8.09. The maximum absolute atomic E-state index is 11.9. The smallest absolute Gasteiger partial charge is 0.248 e. The number of aromatic amines is 1. The number of nitrogens with one attached hydrogen (secondary N) is 1. The van der Waals surface area contributed by atoms with Crippen LogP contribution in [0.2, 0.25) is 0 Å². The summed E-state index contributed by atoms with van der Waals surface area (Å²) in [7, 11) is 1.64. The Hall–Kier alpha value is -3.08. The van der Waals surface area contributed by atoms with Gasteiger partial charge >= 0.3 is 0 Å². The van der Waals surface area contributed by atoms with E-state index < -0.39 is 5.91 Å². The predicted octanol–water partition coefficient (Wildman–Crippen LogP) is 3.64. The van der Waals surface area contributed by atoms with Crippen LogP contribution in [0.25, 0.3) is 11.1 Å². The van der Waals surface area contributed by atoms with E-state index in [0.717, 1.165) is 33.7 Å². The van der Waals surface area contributed by atoms with Gasteiger partial charge in [-0.15, -0.1) is 0 Å². The fourth-order valence-electron chi connectivity index (χ4n) is 3.05. The van der Waals surface area contributed by atoms with Gasteiger partial charge in [-0.25, -0.2) is 0 Å². The number of methoxy groups -OCH3 is 1. The molecule has 1 amide bonds. The van der Waals surface area contributed by atoms with Gasteiger partial charge in [0.15, 0.2) is 0 Å². The van der Waals surface area contributed by atoms with Crippen molar-refractivity contribution < 1.29 is 9.53 Å². The van der Waals surface area contributed by atoms with Gasteiger partial charge < -0.3 is 10.5 Å². The van der Waals surface area contributed by atoms with Crippen LogP contribution in [0.3, 0.4) is 0 Å². The number of benzene rings is 2. The van der Waals surface area contributed by atoms with E-state index in [1.807, 2.05) is 43.3 Å². The van der Waals surface area contributed by atoms with Crippen LogP contribution < -0.4 is 10.5 Å². The van der Waals surface area contributed by atoms with Crippen molar-refractivity contribution in [2.75, 3.05) is 7.11 Å². The number of primary amides is 1. The first-order valence-corrected chi connectivity index (χ1v) is 8.09. The van der Waals surface area contributed by atoms with Crippen LogP contribution in [0.5, 0.6) is 5.75 Å². The lowest BCUT2D eigenvalue weighted by atomic mass is 9.87. The molecule has 3 aromatic rings. The van der Waals surface area contributed by atoms with Crippen LogP contribution in [-0.2, 0) is 0 Å². The zero-order valence-electron chi connectivity index (χ0n) is 14.5. The van der Waals surface area contributed by atoms with E-state index >= 15 is 0 Å². The molecule has 0 spiro atoms. The SMILES string of the molecule is COc1cccc([C@@H](C)c2cc(-c3cn[nH]c3C)ccc2C(N)=O)c1. The predicted molar refractivity (Wildman–Crippen MR) is 97.8 cm³/mol. The molecule has 5 nitrogen and oxygen atoms in total. The van der Waals surface area contributed by atoms with E-state index in [-0.39, 0.29) is 5.92 Å². The minimum absolute atomic E-state index is 0.00948. The lowest BCUT2D eigenvalue weighted by Crippen LogP contribution is -2.15. The van der Waals surface area contributed by atoms with Crippen LogP contribution in [0.15, 0.2) is 48.7 Å². The molecular weight excluding hydrogens is 314 g/mol. The normalized spacial score (nSPS) is 12.0. The number of aryl methyl sites for hydroxylation is 1. The number of hydrogen-bond donors (Lipinski definition) is 2. The average molecular weight is 335 g/mol. The second-order valence-electron chi connectivity index (χ2n) is 6.07. The van der Waals surface area contributed by atoms with Crippen molar-refractivity contribution >= 4 is 5.91 Å². The molecule has 0 saturated carbocycles. The standard InChI is InChI=1S/C20H21N3O2/c1-12(14-5-4-6-16(9-14)25-3)18-10-15(7-8-17(18)20(21)24)19-11-22-23-13(19)2/h4-12H,1-3H3,(H2,21,24)(H,22,23)/t12-/m1/s1. The zero-order chi connectivity index (χ0) is 18.0. The monoisotopic (exact) mass is 335 g/mol. The number of nitrogens with two attached hydrogens (primary N) is 1. The van der Waals surface area contributed by atoms with E-state index in [9.17, 15) is 4.79 Å². The van der Waals surface area contributed by atoms with E-state index in [1.54, 1.807) is 19.4 Å². The number of aromatic nitrogens is 2. The number of rotatable bonds is 5. The summed E-state index contributed by atoms with van der Waals surface area (Å²) in [4.78, 5) is 11.9. The minimum Gasteiger partial charge on any atom is -0.497 e. The van der Waals surface area contributed by atoms with E-state index in [1.165, 1.54) is 0 Å². The van der Waals surface area contributed by atoms with Crippen LogP contribution in [0.4, 0.5) is 0 Å². The van der Waals surface area contributed by atoms with Gasteiger partial charge in [0.05, 0.1) is 13.3 Å². The number of carbonyl (C=O) groups is 1. The molecule has 25 heavy (non-hydrogen) atoms. The second-order valence-corrected chi connectivity index (χ2v) is 6.07. The number of carbonyl (C=O) groups excluding carboxylic acids is 1. The molecule has 1 heterocycles. The number of hydrogen-bond acceptors (Lipinski definition) is 3. The minimum atomic E-state index is -0.430. The maximum atomic E-state index is 11.9. The number of nitrogens with zero attached hydrogens (tertiary/aromatic N) is 1. The van der Waals surface area contributed by atoms with Crippen LogP contribution >= 0.6 is 0 Å². The lowest BCUT2D eigenvalue weighted by molar-refractivity contribution is 0.0999. The molecule has 0 fully saturated rings. The Kier molecular flexibility index (Phi) is 4.57. The molecule has 5 heteroatoms. The van der Waals surface area contributed by atoms with Gasteiger partial charge in [-0.1, -0.05) is 25.1 Å². The quantitative estimate of drug-likeness (QED) is 0.747. The third kappa shape index (κ3) is 3.26. The third-order valence-corrected chi connectivity index (χ3v) is 4.52. The largest absolute Gasteiger partial charge is 0.497 e. The number of amides is 1. The first-order chi connectivity index (χ1) is 12.0. The fraction of sp³-hybridized carbons (Fsp3) is 0.200.